The van der Waals surface area contributed by atoms with Gasteiger partial charge in [-0.05, 0) is 66.9 Å². The first-order chi connectivity index (χ1) is 19.4. The van der Waals surface area contributed by atoms with Crippen molar-refractivity contribution in [2.24, 2.45) is 0 Å². The van der Waals surface area contributed by atoms with Gasteiger partial charge in [-0.3, -0.25) is 19.3 Å². The summed E-state index contributed by atoms with van der Waals surface area (Å²) in [5, 5.41) is 5.85. The molecule has 40 heavy (non-hydrogen) atoms. The summed E-state index contributed by atoms with van der Waals surface area (Å²) in [6.07, 6.45) is 3.85. The predicted molar refractivity (Wildman–Crippen MR) is 149 cm³/mol. The number of carbonyl (C=O) groups excluding carboxylic acids is 3. The van der Waals surface area contributed by atoms with E-state index in [-0.39, 0.29) is 24.5 Å². The number of hydrogen-bond acceptors (Lipinski definition) is 5. The molecule has 2 N–H and O–H groups in total. The summed E-state index contributed by atoms with van der Waals surface area (Å²) in [5.74, 6) is -0.581. The third-order valence-corrected chi connectivity index (χ3v) is 7.13. The van der Waals surface area contributed by atoms with Gasteiger partial charge in [0.15, 0.2) is 11.5 Å². The smallest absolute Gasteiger partial charge is 0.272 e. The van der Waals surface area contributed by atoms with Crippen molar-refractivity contribution in [3.63, 3.8) is 0 Å². The average Bonchev–Trinajstić information content (AvgIpc) is 2.96. The minimum absolute atomic E-state index is 0.00978. The van der Waals surface area contributed by atoms with Crippen LogP contribution >= 0.6 is 0 Å². The highest BCUT2D eigenvalue weighted by atomic mass is 19.1. The van der Waals surface area contributed by atoms with Crippen LogP contribution in [0.15, 0.2) is 72.8 Å². The van der Waals surface area contributed by atoms with Crippen LogP contribution in [0.1, 0.15) is 50.6 Å². The largest absolute Gasteiger partial charge is 0.485 e. The van der Waals surface area contributed by atoms with Crippen LogP contribution in [0.25, 0.3) is 0 Å². The first kappa shape index (κ1) is 27.2. The van der Waals surface area contributed by atoms with Crippen LogP contribution in [0.3, 0.4) is 0 Å². The van der Waals surface area contributed by atoms with Gasteiger partial charge in [0.05, 0.1) is 0 Å². The second-order valence-electron chi connectivity index (χ2n) is 10.1. The molecular weight excluding hydrogens is 513 g/mol. The van der Waals surface area contributed by atoms with Gasteiger partial charge in [-0.15, -0.1) is 0 Å². The summed E-state index contributed by atoms with van der Waals surface area (Å²) in [5.41, 5.74) is 1.40. The number of amides is 3. The maximum absolute atomic E-state index is 14.2. The molecule has 0 saturated heterocycles. The maximum atomic E-state index is 14.2. The lowest BCUT2D eigenvalue weighted by Gasteiger charge is -2.36. The van der Waals surface area contributed by atoms with E-state index in [1.807, 2.05) is 6.07 Å². The Labute approximate surface area is 232 Å². The molecular formula is C31H32FN3O5. The van der Waals surface area contributed by atoms with E-state index in [4.69, 9.17) is 9.47 Å². The monoisotopic (exact) mass is 545 g/mol. The van der Waals surface area contributed by atoms with Crippen LogP contribution in [0.2, 0.25) is 0 Å². The summed E-state index contributed by atoms with van der Waals surface area (Å²) in [7, 11) is 0. The first-order valence-corrected chi connectivity index (χ1v) is 13.5. The van der Waals surface area contributed by atoms with Crippen LogP contribution in [0.4, 0.5) is 15.8 Å². The molecule has 3 aromatic rings. The van der Waals surface area contributed by atoms with Gasteiger partial charge in [0.1, 0.15) is 18.5 Å². The van der Waals surface area contributed by atoms with Crippen LogP contribution in [-0.2, 0) is 14.4 Å². The number of fused-ring (bicyclic) bond motifs is 1. The van der Waals surface area contributed by atoms with Gasteiger partial charge in [-0.1, -0.05) is 43.5 Å². The molecule has 8 nitrogen and oxygen atoms in total. The van der Waals surface area contributed by atoms with Crippen molar-refractivity contribution in [2.45, 2.75) is 57.2 Å². The number of para-hydroxylation sites is 2. The lowest BCUT2D eigenvalue weighted by Crippen LogP contribution is -2.52. The molecule has 0 bridgehead atoms. The Kier molecular flexibility index (Phi) is 8.28. The van der Waals surface area contributed by atoms with Gasteiger partial charge in [-0.2, -0.15) is 0 Å². The van der Waals surface area contributed by atoms with Crippen molar-refractivity contribution in [3.8, 4) is 11.5 Å². The van der Waals surface area contributed by atoms with E-state index >= 15 is 0 Å². The van der Waals surface area contributed by atoms with Gasteiger partial charge in [0.2, 0.25) is 17.9 Å². The number of ether oxygens (including phenoxy) is 2. The number of hydrogen-bond donors (Lipinski definition) is 2. The molecule has 208 valence electrons. The molecule has 2 atom stereocenters. The van der Waals surface area contributed by atoms with E-state index in [9.17, 15) is 18.8 Å². The maximum Gasteiger partial charge on any atom is 0.272 e. The Morgan fingerprint density at radius 3 is 2.25 bits per heavy atom. The van der Waals surface area contributed by atoms with Gasteiger partial charge >= 0.3 is 0 Å². The number of carbonyl (C=O) groups is 3. The number of nitrogens with zero attached hydrogens (tertiary/aromatic N) is 1. The Bertz CT molecular complexity index is 1360. The fourth-order valence-corrected chi connectivity index (χ4v) is 5.20. The molecule has 1 aliphatic heterocycles. The van der Waals surface area contributed by atoms with Crippen LogP contribution in [0, 0.1) is 5.82 Å². The quantitative estimate of drug-likeness (QED) is 0.428. The van der Waals surface area contributed by atoms with E-state index in [1.165, 1.54) is 36.1 Å². The van der Waals surface area contributed by atoms with Crippen molar-refractivity contribution in [1.29, 1.82) is 0 Å². The molecule has 3 amide bonds. The topological polar surface area (TPSA) is 97.0 Å². The second-order valence-corrected chi connectivity index (χ2v) is 10.1. The number of halogens is 1. The highest BCUT2D eigenvalue weighted by Crippen LogP contribution is 2.35. The summed E-state index contributed by atoms with van der Waals surface area (Å²) >= 11 is 0. The SMILES string of the molecule is CC(=O)Nc1ccc(N(C(=O)[C@H]2COc3ccccc3O2)[C@@H](C(=O)NC2CCCCC2)c2ccc(F)cc2)cc1. The summed E-state index contributed by atoms with van der Waals surface area (Å²) in [4.78, 5) is 41.2. The van der Waals surface area contributed by atoms with Gasteiger partial charge in [-0.25, -0.2) is 4.39 Å². The van der Waals surface area contributed by atoms with E-state index in [1.54, 1.807) is 42.5 Å². The standard InChI is InChI=1S/C31H32FN3O5/c1-20(36)33-24-15-17-25(18-16-24)35(31(38)28-19-39-26-9-5-6-10-27(26)40-28)29(21-11-13-22(32)14-12-21)30(37)34-23-7-3-2-4-8-23/h5-6,9-18,23,28-29H,2-4,7-8,19H2,1H3,(H,33,36)(H,34,37)/t28-,29-/m1/s1. The van der Waals surface area contributed by atoms with E-state index in [2.05, 4.69) is 10.6 Å². The second kappa shape index (κ2) is 12.2. The highest BCUT2D eigenvalue weighted by molar-refractivity contribution is 6.04. The molecule has 2 aliphatic rings. The summed E-state index contributed by atoms with van der Waals surface area (Å²) < 4.78 is 25.8. The molecule has 0 spiro atoms. The van der Waals surface area contributed by atoms with E-state index < -0.39 is 23.9 Å². The van der Waals surface area contributed by atoms with Gasteiger partial charge < -0.3 is 20.1 Å². The minimum Gasteiger partial charge on any atom is -0.485 e. The molecule has 1 heterocycles. The molecule has 3 aromatic carbocycles. The normalized spacial score (nSPS) is 17.4. The number of benzene rings is 3. The van der Waals surface area contributed by atoms with Crippen molar-refractivity contribution in [3.05, 3.63) is 84.2 Å². The lowest BCUT2D eigenvalue weighted by molar-refractivity contribution is -0.132. The third kappa shape index (κ3) is 6.25. The average molecular weight is 546 g/mol. The van der Waals surface area contributed by atoms with Gasteiger partial charge in [0, 0.05) is 24.3 Å². The number of anilines is 2. The van der Waals surface area contributed by atoms with E-state index in [0.29, 0.717) is 28.4 Å². The van der Waals surface area contributed by atoms with Gasteiger partial charge in [0.25, 0.3) is 5.91 Å². The van der Waals surface area contributed by atoms with E-state index in [0.717, 1.165) is 32.1 Å². The third-order valence-electron chi connectivity index (χ3n) is 7.13. The molecule has 1 fully saturated rings. The van der Waals surface area contributed by atoms with Crippen LogP contribution < -0.4 is 25.0 Å². The first-order valence-electron chi connectivity index (χ1n) is 13.5. The zero-order valence-electron chi connectivity index (χ0n) is 22.3. The number of nitrogens with one attached hydrogen (secondary N) is 2. The fraction of sp³-hybridized carbons (Fsp3) is 0.323. The zero-order valence-corrected chi connectivity index (χ0v) is 22.3. The molecule has 1 saturated carbocycles. The van der Waals surface area contributed by atoms with Crippen LogP contribution in [-0.4, -0.2) is 36.5 Å². The Hall–Kier alpha value is -4.40. The summed E-state index contributed by atoms with van der Waals surface area (Å²) in [6, 6.07) is 18.2. The van der Waals surface area contributed by atoms with Crippen molar-refractivity contribution < 1.29 is 28.2 Å². The fourth-order valence-electron chi connectivity index (χ4n) is 5.20. The molecule has 0 unspecified atom stereocenters. The lowest BCUT2D eigenvalue weighted by atomic mass is 9.94. The number of rotatable bonds is 7. The highest BCUT2D eigenvalue weighted by Gasteiger charge is 2.39. The van der Waals surface area contributed by atoms with Crippen molar-refractivity contribution in [2.75, 3.05) is 16.8 Å². The molecule has 0 aromatic heterocycles. The molecule has 9 heteroatoms. The van der Waals surface area contributed by atoms with Crippen LogP contribution in [0.5, 0.6) is 11.5 Å². The molecule has 0 radical (unpaired) electrons. The summed E-state index contributed by atoms with van der Waals surface area (Å²) in [6.45, 7) is 1.36. The molecule has 1 aliphatic carbocycles. The Morgan fingerprint density at radius 1 is 0.900 bits per heavy atom. The molecule has 5 rings (SSSR count). The van der Waals surface area contributed by atoms with Crippen molar-refractivity contribution >= 4 is 29.1 Å². The Morgan fingerprint density at radius 2 is 1.57 bits per heavy atom. The predicted octanol–water partition coefficient (Wildman–Crippen LogP) is 5.15. The zero-order chi connectivity index (χ0) is 28.1. The van der Waals surface area contributed by atoms with Crippen molar-refractivity contribution in [1.82, 2.24) is 5.32 Å². The Balaban J connectivity index is 1.54. The minimum atomic E-state index is -1.11.